The maximum Gasteiger partial charge on any atom is 0.242 e. The van der Waals surface area contributed by atoms with Gasteiger partial charge in [-0.05, 0) is 24.1 Å². The van der Waals surface area contributed by atoms with Crippen molar-refractivity contribution in [1.29, 1.82) is 0 Å². The summed E-state index contributed by atoms with van der Waals surface area (Å²) >= 11 is 5.86. The lowest BCUT2D eigenvalue weighted by molar-refractivity contribution is 0.227. The third-order valence-electron chi connectivity index (χ3n) is 2.55. The summed E-state index contributed by atoms with van der Waals surface area (Å²) in [5.74, 6) is -0.0302. The molecule has 0 aliphatic heterocycles. The first-order valence-electron chi connectivity index (χ1n) is 5.46. The summed E-state index contributed by atoms with van der Waals surface area (Å²) in [6.45, 7) is 3.35. The van der Waals surface area contributed by atoms with Gasteiger partial charge in [-0.15, -0.1) is 0 Å². The van der Waals surface area contributed by atoms with E-state index in [2.05, 4.69) is 4.72 Å². The predicted octanol–water partition coefficient (Wildman–Crippen LogP) is 1.22. The van der Waals surface area contributed by atoms with E-state index in [-0.39, 0.29) is 22.4 Å². The molecule has 18 heavy (non-hydrogen) atoms. The average Bonchev–Trinajstić information content (AvgIpc) is 2.24. The summed E-state index contributed by atoms with van der Waals surface area (Å²) in [5, 5.41) is 9.20. The van der Waals surface area contributed by atoms with Crippen molar-refractivity contribution in [2.75, 3.05) is 12.3 Å². The zero-order chi connectivity index (χ0) is 13.9. The van der Waals surface area contributed by atoms with E-state index >= 15 is 0 Å². The number of aliphatic hydroxyl groups is 1. The van der Waals surface area contributed by atoms with Crippen LogP contribution < -0.4 is 10.5 Å². The number of benzene rings is 1. The second kappa shape index (κ2) is 5.88. The van der Waals surface area contributed by atoms with Crippen LogP contribution in [0.5, 0.6) is 0 Å². The second-order valence-electron chi connectivity index (χ2n) is 4.34. The number of nitrogens with two attached hydrogens (primary N) is 1. The maximum atomic E-state index is 12.1. The first kappa shape index (κ1) is 15.2. The topological polar surface area (TPSA) is 92.4 Å². The van der Waals surface area contributed by atoms with Gasteiger partial charge in [-0.1, -0.05) is 25.4 Å². The minimum Gasteiger partial charge on any atom is -0.399 e. The Morgan fingerprint density at radius 3 is 2.50 bits per heavy atom. The van der Waals surface area contributed by atoms with Crippen LogP contribution in [0.4, 0.5) is 5.69 Å². The molecule has 0 bridgehead atoms. The van der Waals surface area contributed by atoms with Gasteiger partial charge in [0, 0.05) is 11.7 Å². The van der Waals surface area contributed by atoms with E-state index in [1.165, 1.54) is 18.2 Å². The molecule has 1 atom stereocenters. The molecule has 0 spiro atoms. The third kappa shape index (κ3) is 3.58. The lowest BCUT2D eigenvalue weighted by atomic mass is 10.1. The molecule has 0 saturated heterocycles. The fraction of sp³-hybridized carbons (Fsp3) is 0.455. The van der Waals surface area contributed by atoms with Gasteiger partial charge in [0.25, 0.3) is 0 Å². The summed E-state index contributed by atoms with van der Waals surface area (Å²) in [6, 6.07) is 3.63. The Labute approximate surface area is 112 Å². The first-order valence-corrected chi connectivity index (χ1v) is 7.32. The molecule has 0 saturated carbocycles. The van der Waals surface area contributed by atoms with E-state index in [4.69, 9.17) is 22.4 Å². The normalized spacial score (nSPS) is 13.8. The van der Waals surface area contributed by atoms with Gasteiger partial charge in [-0.3, -0.25) is 0 Å². The van der Waals surface area contributed by atoms with Crippen molar-refractivity contribution < 1.29 is 13.5 Å². The highest BCUT2D eigenvalue weighted by molar-refractivity contribution is 7.89. The fourth-order valence-corrected chi connectivity index (χ4v) is 3.31. The second-order valence-corrected chi connectivity index (χ2v) is 6.43. The molecule has 4 N–H and O–H groups in total. The summed E-state index contributed by atoms with van der Waals surface area (Å²) in [4.78, 5) is -0.0440. The largest absolute Gasteiger partial charge is 0.399 e. The molecular formula is C11H17ClN2O3S. The number of hydrogen-bond acceptors (Lipinski definition) is 4. The Morgan fingerprint density at radius 2 is 2.06 bits per heavy atom. The molecule has 5 nitrogen and oxygen atoms in total. The Kier molecular flexibility index (Phi) is 4.98. The van der Waals surface area contributed by atoms with E-state index < -0.39 is 16.1 Å². The van der Waals surface area contributed by atoms with Crippen molar-refractivity contribution >= 4 is 27.3 Å². The number of nitrogens with one attached hydrogen (secondary N) is 1. The predicted molar refractivity (Wildman–Crippen MR) is 71.9 cm³/mol. The Hall–Kier alpha value is -0.820. The van der Waals surface area contributed by atoms with Crippen molar-refractivity contribution in [2.24, 2.45) is 5.92 Å². The van der Waals surface area contributed by atoms with E-state index in [1.807, 2.05) is 13.8 Å². The van der Waals surface area contributed by atoms with E-state index in [0.717, 1.165) is 0 Å². The van der Waals surface area contributed by atoms with Crippen molar-refractivity contribution in [3.05, 3.63) is 23.2 Å². The van der Waals surface area contributed by atoms with Crippen LogP contribution in [0.1, 0.15) is 13.8 Å². The number of nitrogen functional groups attached to an aromatic ring is 1. The molecule has 1 rings (SSSR count). The minimum absolute atomic E-state index is 0.0302. The standard InChI is InChI=1S/C11H17ClN2O3S/c1-7(2)10(6-15)14-18(16,17)11-4-3-8(13)5-9(11)12/h3-5,7,10,14-15H,6,13H2,1-2H3. The zero-order valence-corrected chi connectivity index (χ0v) is 11.8. The maximum absolute atomic E-state index is 12.1. The Balaban J connectivity index is 3.06. The van der Waals surface area contributed by atoms with Gasteiger partial charge in [0.15, 0.2) is 0 Å². The van der Waals surface area contributed by atoms with E-state index in [0.29, 0.717) is 5.69 Å². The van der Waals surface area contributed by atoms with Gasteiger partial charge in [-0.25, -0.2) is 13.1 Å². The molecule has 1 aromatic carbocycles. The van der Waals surface area contributed by atoms with E-state index in [1.54, 1.807) is 0 Å². The van der Waals surface area contributed by atoms with Crippen LogP contribution in [-0.4, -0.2) is 26.2 Å². The molecule has 0 aliphatic rings. The number of anilines is 1. The fourth-order valence-electron chi connectivity index (χ4n) is 1.38. The molecule has 0 fully saturated rings. The van der Waals surface area contributed by atoms with Crippen LogP contribution in [0, 0.1) is 5.92 Å². The van der Waals surface area contributed by atoms with Crippen molar-refractivity contribution in [2.45, 2.75) is 24.8 Å². The molecule has 0 amide bonds. The molecule has 0 aromatic heterocycles. The lowest BCUT2D eigenvalue weighted by Gasteiger charge is -2.20. The molecule has 0 radical (unpaired) electrons. The van der Waals surface area contributed by atoms with Crippen molar-refractivity contribution in [3.63, 3.8) is 0 Å². The third-order valence-corrected chi connectivity index (χ3v) is 4.53. The molecule has 7 heteroatoms. The molecule has 0 heterocycles. The lowest BCUT2D eigenvalue weighted by Crippen LogP contribution is -2.41. The first-order chi connectivity index (χ1) is 8.27. The number of sulfonamides is 1. The van der Waals surface area contributed by atoms with Crippen LogP contribution in [-0.2, 0) is 10.0 Å². The number of halogens is 1. The Bertz CT molecular complexity index is 517. The molecule has 102 valence electrons. The van der Waals surface area contributed by atoms with Gasteiger partial charge in [0.05, 0.1) is 11.6 Å². The highest BCUT2D eigenvalue weighted by Crippen LogP contribution is 2.24. The monoisotopic (exact) mass is 292 g/mol. The average molecular weight is 293 g/mol. The number of aliphatic hydroxyl groups excluding tert-OH is 1. The van der Waals surface area contributed by atoms with Gasteiger partial charge in [-0.2, -0.15) is 0 Å². The summed E-state index contributed by atoms with van der Waals surface area (Å²) < 4.78 is 26.6. The molecule has 1 aromatic rings. The summed E-state index contributed by atoms with van der Waals surface area (Å²) in [7, 11) is -3.76. The summed E-state index contributed by atoms with van der Waals surface area (Å²) in [5.41, 5.74) is 5.90. The molecule has 1 unspecified atom stereocenters. The van der Waals surface area contributed by atoms with Crippen molar-refractivity contribution in [1.82, 2.24) is 4.72 Å². The number of hydrogen-bond donors (Lipinski definition) is 3. The Morgan fingerprint density at radius 1 is 1.44 bits per heavy atom. The van der Waals surface area contributed by atoms with Crippen LogP contribution in [0.15, 0.2) is 23.1 Å². The van der Waals surface area contributed by atoms with Gasteiger partial charge >= 0.3 is 0 Å². The van der Waals surface area contributed by atoms with Gasteiger partial charge in [0.2, 0.25) is 10.0 Å². The molecule has 0 aliphatic carbocycles. The van der Waals surface area contributed by atoms with Crippen LogP contribution in [0.3, 0.4) is 0 Å². The summed E-state index contributed by atoms with van der Waals surface area (Å²) in [6.07, 6.45) is 0. The number of rotatable bonds is 5. The minimum atomic E-state index is -3.76. The van der Waals surface area contributed by atoms with Gasteiger partial charge in [0.1, 0.15) is 4.90 Å². The van der Waals surface area contributed by atoms with Gasteiger partial charge < -0.3 is 10.8 Å². The molecular weight excluding hydrogens is 276 g/mol. The highest BCUT2D eigenvalue weighted by Gasteiger charge is 2.23. The van der Waals surface area contributed by atoms with E-state index in [9.17, 15) is 8.42 Å². The highest BCUT2D eigenvalue weighted by atomic mass is 35.5. The quantitative estimate of drug-likeness (QED) is 0.712. The van der Waals surface area contributed by atoms with Crippen LogP contribution >= 0.6 is 11.6 Å². The zero-order valence-electron chi connectivity index (χ0n) is 10.2. The smallest absolute Gasteiger partial charge is 0.242 e. The SMILES string of the molecule is CC(C)C(CO)NS(=O)(=O)c1ccc(N)cc1Cl. The van der Waals surface area contributed by atoms with Crippen molar-refractivity contribution in [3.8, 4) is 0 Å². The van der Waals surface area contributed by atoms with Crippen LogP contribution in [0.2, 0.25) is 5.02 Å². The van der Waals surface area contributed by atoms with Crippen LogP contribution in [0.25, 0.3) is 0 Å².